The zero-order valence-electron chi connectivity index (χ0n) is 12.2. The highest BCUT2D eigenvalue weighted by Gasteiger charge is 2.28. The van der Waals surface area contributed by atoms with Gasteiger partial charge in [-0.25, -0.2) is 8.42 Å². The van der Waals surface area contributed by atoms with Crippen molar-refractivity contribution >= 4 is 27.1 Å². The maximum absolute atomic E-state index is 11.9. The van der Waals surface area contributed by atoms with Gasteiger partial charge in [-0.1, -0.05) is 12.1 Å². The van der Waals surface area contributed by atoms with Crippen molar-refractivity contribution in [1.82, 2.24) is 0 Å². The molecule has 0 unspecified atom stereocenters. The van der Waals surface area contributed by atoms with Crippen LogP contribution in [0.5, 0.6) is 0 Å². The second-order valence-electron chi connectivity index (χ2n) is 5.38. The molecule has 0 aliphatic carbocycles. The molecule has 0 amide bonds. The average Bonchev–Trinajstić information content (AvgIpc) is 2.87. The Balaban J connectivity index is 1.65. The Hall–Kier alpha value is -2.21. The van der Waals surface area contributed by atoms with Gasteiger partial charge in [0.05, 0.1) is 11.4 Å². The molecule has 1 aliphatic heterocycles. The van der Waals surface area contributed by atoms with Crippen LogP contribution in [-0.4, -0.2) is 20.7 Å². The highest BCUT2D eigenvalue weighted by molar-refractivity contribution is 7.93. The summed E-state index contributed by atoms with van der Waals surface area (Å²) in [4.78, 5) is 0. The lowest BCUT2D eigenvalue weighted by atomic mass is 10.2. The lowest BCUT2D eigenvalue weighted by Gasteiger charge is -2.17. The van der Waals surface area contributed by atoms with Crippen molar-refractivity contribution in [2.45, 2.75) is 13.0 Å². The Labute approximate surface area is 130 Å². The first kappa shape index (κ1) is 14.7. The van der Waals surface area contributed by atoms with E-state index in [0.29, 0.717) is 19.5 Å². The van der Waals surface area contributed by atoms with Crippen LogP contribution in [0.2, 0.25) is 0 Å². The van der Waals surface area contributed by atoms with E-state index in [1.807, 2.05) is 48.5 Å². The van der Waals surface area contributed by atoms with E-state index >= 15 is 0 Å². The van der Waals surface area contributed by atoms with Crippen molar-refractivity contribution in [2.75, 3.05) is 27.7 Å². The molecule has 1 aliphatic rings. The van der Waals surface area contributed by atoms with E-state index in [-0.39, 0.29) is 5.75 Å². The normalized spacial score (nSPS) is 16.6. The van der Waals surface area contributed by atoms with E-state index in [2.05, 4.69) is 5.32 Å². The third kappa shape index (κ3) is 3.17. The van der Waals surface area contributed by atoms with Gasteiger partial charge in [0.25, 0.3) is 0 Å². The van der Waals surface area contributed by atoms with Gasteiger partial charge in [-0.05, 0) is 48.4 Å². The van der Waals surface area contributed by atoms with Crippen LogP contribution in [0, 0.1) is 0 Å². The molecule has 2 aromatic rings. The number of sulfonamides is 1. The zero-order chi connectivity index (χ0) is 15.6. The number of nitrogens with zero attached hydrogens (tertiary/aromatic N) is 1. The molecule has 0 aromatic heterocycles. The van der Waals surface area contributed by atoms with Crippen molar-refractivity contribution in [1.29, 1.82) is 0 Å². The summed E-state index contributed by atoms with van der Waals surface area (Å²) < 4.78 is 25.3. The number of nitrogens with two attached hydrogens (primary N) is 1. The molecule has 0 bridgehead atoms. The van der Waals surface area contributed by atoms with Gasteiger partial charge in [0.15, 0.2) is 0 Å². The van der Waals surface area contributed by atoms with Crippen LogP contribution in [0.1, 0.15) is 12.0 Å². The van der Waals surface area contributed by atoms with Gasteiger partial charge in [0.2, 0.25) is 10.0 Å². The minimum Gasteiger partial charge on any atom is -0.399 e. The summed E-state index contributed by atoms with van der Waals surface area (Å²) in [6.07, 6.45) is 0.694. The third-order valence-corrected chi connectivity index (χ3v) is 5.60. The molecule has 0 atom stereocenters. The van der Waals surface area contributed by atoms with Crippen LogP contribution in [0.3, 0.4) is 0 Å². The molecule has 0 radical (unpaired) electrons. The Morgan fingerprint density at radius 1 is 1.05 bits per heavy atom. The molecular weight excluding hydrogens is 298 g/mol. The molecular formula is C16H19N3O2S. The number of nitrogens with one attached hydrogen (secondary N) is 1. The molecule has 3 N–H and O–H groups in total. The quantitative estimate of drug-likeness (QED) is 0.849. The number of benzene rings is 2. The maximum Gasteiger partial charge on any atom is 0.235 e. The van der Waals surface area contributed by atoms with Crippen LogP contribution in [-0.2, 0) is 16.6 Å². The Kier molecular flexibility index (Phi) is 3.94. The van der Waals surface area contributed by atoms with Gasteiger partial charge in [0.1, 0.15) is 0 Å². The van der Waals surface area contributed by atoms with Crippen molar-refractivity contribution in [3.63, 3.8) is 0 Å². The summed E-state index contributed by atoms with van der Waals surface area (Å²) in [6.45, 7) is 1.27. The van der Waals surface area contributed by atoms with Gasteiger partial charge in [0, 0.05) is 24.5 Å². The standard InChI is InChI=1S/C16H19N3O2S/c17-14-4-2-13(3-5-14)12-18-15-6-8-16(9-7-15)19-10-1-11-22(19,20)21/h2-9,18H,1,10-12,17H2. The molecule has 116 valence electrons. The van der Waals surface area contributed by atoms with E-state index in [1.54, 1.807) is 0 Å². The monoisotopic (exact) mass is 317 g/mol. The molecule has 6 heteroatoms. The van der Waals surface area contributed by atoms with Crippen molar-refractivity contribution < 1.29 is 8.42 Å². The average molecular weight is 317 g/mol. The van der Waals surface area contributed by atoms with Gasteiger partial charge in [-0.2, -0.15) is 0 Å². The minimum atomic E-state index is -3.11. The fraction of sp³-hybridized carbons (Fsp3) is 0.250. The van der Waals surface area contributed by atoms with E-state index in [4.69, 9.17) is 5.73 Å². The summed E-state index contributed by atoms with van der Waals surface area (Å²) in [5, 5.41) is 3.31. The second-order valence-corrected chi connectivity index (χ2v) is 7.40. The lowest BCUT2D eigenvalue weighted by molar-refractivity contribution is 0.599. The topological polar surface area (TPSA) is 75.4 Å². The SMILES string of the molecule is Nc1ccc(CNc2ccc(N3CCCS3(=O)=O)cc2)cc1. The predicted molar refractivity (Wildman–Crippen MR) is 90.4 cm³/mol. The maximum atomic E-state index is 11.9. The third-order valence-electron chi connectivity index (χ3n) is 3.73. The first-order chi connectivity index (χ1) is 10.5. The summed E-state index contributed by atoms with van der Waals surface area (Å²) >= 11 is 0. The second kappa shape index (κ2) is 5.88. The summed E-state index contributed by atoms with van der Waals surface area (Å²) in [5.74, 6) is 0.240. The van der Waals surface area contributed by atoms with E-state index in [9.17, 15) is 8.42 Å². The largest absolute Gasteiger partial charge is 0.399 e. The number of anilines is 3. The van der Waals surface area contributed by atoms with Crippen LogP contribution in [0.15, 0.2) is 48.5 Å². The Morgan fingerprint density at radius 2 is 1.73 bits per heavy atom. The lowest BCUT2D eigenvalue weighted by Crippen LogP contribution is -2.24. The van der Waals surface area contributed by atoms with Crippen molar-refractivity contribution in [2.24, 2.45) is 0 Å². The summed E-state index contributed by atoms with van der Waals surface area (Å²) in [5.41, 5.74) is 9.23. The fourth-order valence-corrected chi connectivity index (χ4v) is 4.08. The van der Waals surface area contributed by atoms with E-state index in [1.165, 1.54) is 4.31 Å². The van der Waals surface area contributed by atoms with Crippen molar-refractivity contribution in [3.05, 3.63) is 54.1 Å². The van der Waals surface area contributed by atoms with Gasteiger partial charge < -0.3 is 11.1 Å². The highest BCUT2D eigenvalue weighted by Crippen LogP contribution is 2.25. The van der Waals surface area contributed by atoms with E-state index in [0.717, 1.165) is 22.6 Å². The Bertz CT molecular complexity index is 740. The van der Waals surface area contributed by atoms with Crippen LogP contribution >= 0.6 is 0 Å². The van der Waals surface area contributed by atoms with Gasteiger partial charge >= 0.3 is 0 Å². The number of rotatable bonds is 4. The molecule has 5 nitrogen and oxygen atoms in total. The molecule has 3 rings (SSSR count). The van der Waals surface area contributed by atoms with Crippen molar-refractivity contribution in [3.8, 4) is 0 Å². The molecule has 22 heavy (non-hydrogen) atoms. The fourth-order valence-electron chi connectivity index (χ4n) is 2.51. The molecule has 2 aromatic carbocycles. The Morgan fingerprint density at radius 3 is 2.32 bits per heavy atom. The van der Waals surface area contributed by atoms with Crippen LogP contribution in [0.25, 0.3) is 0 Å². The molecule has 1 fully saturated rings. The molecule has 0 saturated carbocycles. The van der Waals surface area contributed by atoms with Crippen LogP contribution in [0.4, 0.5) is 17.1 Å². The molecule has 0 spiro atoms. The number of hydrogen-bond acceptors (Lipinski definition) is 4. The molecule has 1 saturated heterocycles. The predicted octanol–water partition coefficient (Wildman–Crippen LogP) is 2.42. The van der Waals surface area contributed by atoms with Crippen LogP contribution < -0.4 is 15.4 Å². The smallest absolute Gasteiger partial charge is 0.235 e. The number of hydrogen-bond donors (Lipinski definition) is 2. The van der Waals surface area contributed by atoms with Gasteiger partial charge in [-0.3, -0.25) is 4.31 Å². The zero-order valence-corrected chi connectivity index (χ0v) is 13.0. The first-order valence-electron chi connectivity index (χ1n) is 7.23. The minimum absolute atomic E-state index is 0.240. The number of nitrogen functional groups attached to an aromatic ring is 1. The van der Waals surface area contributed by atoms with Gasteiger partial charge in [-0.15, -0.1) is 0 Å². The van der Waals surface area contributed by atoms with E-state index < -0.39 is 10.0 Å². The highest BCUT2D eigenvalue weighted by atomic mass is 32.2. The summed E-state index contributed by atoms with van der Waals surface area (Å²) in [6, 6.07) is 15.2. The molecule has 1 heterocycles. The summed E-state index contributed by atoms with van der Waals surface area (Å²) in [7, 11) is -3.11. The first-order valence-corrected chi connectivity index (χ1v) is 8.84.